The predicted octanol–water partition coefficient (Wildman–Crippen LogP) is 1.67. The molecule has 1 fully saturated rings. The van der Waals surface area contributed by atoms with Gasteiger partial charge in [0.05, 0.1) is 0 Å². The van der Waals surface area contributed by atoms with Crippen LogP contribution in [0, 0.1) is 19.3 Å². The summed E-state index contributed by atoms with van der Waals surface area (Å²) in [6.07, 6.45) is 7.49. The molecule has 0 spiro atoms. The molecule has 1 aliphatic carbocycles. The monoisotopic (exact) mass is 188 g/mol. The van der Waals surface area contributed by atoms with Crippen molar-refractivity contribution in [1.82, 2.24) is 9.97 Å². The van der Waals surface area contributed by atoms with Crippen LogP contribution in [0.5, 0.6) is 5.88 Å². The van der Waals surface area contributed by atoms with Crippen LogP contribution in [-0.2, 0) is 0 Å². The van der Waals surface area contributed by atoms with Crippen LogP contribution in [0.2, 0.25) is 0 Å². The van der Waals surface area contributed by atoms with E-state index in [9.17, 15) is 0 Å². The predicted molar refractivity (Wildman–Crippen MR) is 53.1 cm³/mol. The van der Waals surface area contributed by atoms with E-state index in [0.717, 1.165) is 11.5 Å². The highest BCUT2D eigenvalue weighted by Gasteiger charge is 2.27. The Balaban J connectivity index is 2.18. The molecular formula is C11H12N2O. The van der Waals surface area contributed by atoms with Crippen molar-refractivity contribution in [3.8, 4) is 18.2 Å². The van der Waals surface area contributed by atoms with Gasteiger partial charge in [-0.15, -0.1) is 6.42 Å². The van der Waals surface area contributed by atoms with Gasteiger partial charge in [-0.25, -0.2) is 4.98 Å². The van der Waals surface area contributed by atoms with Gasteiger partial charge in [-0.1, -0.05) is 5.92 Å². The van der Waals surface area contributed by atoms with Gasteiger partial charge < -0.3 is 4.74 Å². The van der Waals surface area contributed by atoms with Crippen LogP contribution < -0.4 is 4.74 Å². The van der Waals surface area contributed by atoms with Crippen molar-refractivity contribution in [3.63, 3.8) is 0 Å². The minimum atomic E-state index is 0.264. The number of aromatic nitrogens is 2. The second kappa shape index (κ2) is 3.67. The molecule has 3 heteroatoms. The van der Waals surface area contributed by atoms with Crippen molar-refractivity contribution in [2.24, 2.45) is 0 Å². The zero-order valence-electron chi connectivity index (χ0n) is 8.16. The van der Waals surface area contributed by atoms with E-state index in [2.05, 4.69) is 15.9 Å². The molecule has 0 N–H and O–H groups in total. The quantitative estimate of drug-likeness (QED) is 0.677. The molecular weight excluding hydrogens is 176 g/mol. The minimum absolute atomic E-state index is 0.264. The first-order valence-corrected chi connectivity index (χ1v) is 4.71. The van der Waals surface area contributed by atoms with Gasteiger partial charge in [-0.05, 0) is 19.8 Å². The number of hydrogen-bond acceptors (Lipinski definition) is 3. The highest BCUT2D eigenvalue weighted by Crippen LogP contribution is 2.38. The van der Waals surface area contributed by atoms with Crippen LogP contribution in [0.15, 0.2) is 6.07 Å². The molecule has 0 bridgehead atoms. The summed E-state index contributed by atoms with van der Waals surface area (Å²) in [4.78, 5) is 8.67. The zero-order valence-corrected chi connectivity index (χ0v) is 8.16. The molecule has 0 radical (unpaired) electrons. The lowest BCUT2D eigenvalue weighted by atomic mass is 10.3. The highest BCUT2D eigenvalue weighted by atomic mass is 16.5. The maximum absolute atomic E-state index is 5.27. The summed E-state index contributed by atoms with van der Waals surface area (Å²) in [5.74, 6) is 4.46. The summed E-state index contributed by atoms with van der Waals surface area (Å²) in [6, 6.07) is 1.81. The van der Waals surface area contributed by atoms with Crippen molar-refractivity contribution in [1.29, 1.82) is 0 Å². The number of rotatable bonds is 3. The van der Waals surface area contributed by atoms with Gasteiger partial charge in [0.25, 0.3) is 0 Å². The molecule has 72 valence electrons. The van der Waals surface area contributed by atoms with E-state index < -0.39 is 0 Å². The number of aryl methyl sites for hydroxylation is 1. The van der Waals surface area contributed by atoms with Crippen molar-refractivity contribution >= 4 is 0 Å². The van der Waals surface area contributed by atoms with Crippen LogP contribution in [0.1, 0.15) is 30.3 Å². The molecule has 3 nitrogen and oxygen atoms in total. The van der Waals surface area contributed by atoms with Gasteiger partial charge in [0.2, 0.25) is 5.88 Å². The van der Waals surface area contributed by atoms with Crippen molar-refractivity contribution in [2.75, 3.05) is 6.61 Å². The first-order valence-electron chi connectivity index (χ1n) is 4.71. The fourth-order valence-corrected chi connectivity index (χ4v) is 1.28. The maximum Gasteiger partial charge on any atom is 0.217 e. The summed E-state index contributed by atoms with van der Waals surface area (Å²) >= 11 is 0. The summed E-state index contributed by atoms with van der Waals surface area (Å²) in [5, 5.41) is 0. The third-order valence-electron chi connectivity index (χ3n) is 2.09. The third kappa shape index (κ3) is 2.02. The molecule has 0 aromatic carbocycles. The van der Waals surface area contributed by atoms with Gasteiger partial charge in [-0.2, -0.15) is 4.98 Å². The van der Waals surface area contributed by atoms with Gasteiger partial charge in [0.15, 0.2) is 6.61 Å². The van der Waals surface area contributed by atoms with Gasteiger partial charge >= 0.3 is 0 Å². The molecule has 1 aromatic rings. The average molecular weight is 188 g/mol. The minimum Gasteiger partial charge on any atom is -0.464 e. The molecule has 0 amide bonds. The van der Waals surface area contributed by atoms with Crippen LogP contribution >= 0.6 is 0 Å². The second-order valence-electron chi connectivity index (χ2n) is 3.47. The van der Waals surface area contributed by atoms with Gasteiger partial charge in [-0.3, -0.25) is 0 Å². The number of nitrogens with zero attached hydrogens (tertiary/aromatic N) is 2. The van der Waals surface area contributed by atoms with Gasteiger partial charge in [0.1, 0.15) is 5.82 Å². The highest BCUT2D eigenvalue weighted by molar-refractivity contribution is 5.19. The lowest BCUT2D eigenvalue weighted by Gasteiger charge is -2.04. The molecule has 1 aliphatic rings. The van der Waals surface area contributed by atoms with E-state index in [-0.39, 0.29) is 6.61 Å². The topological polar surface area (TPSA) is 35.0 Å². The second-order valence-corrected chi connectivity index (χ2v) is 3.47. The van der Waals surface area contributed by atoms with Crippen molar-refractivity contribution < 1.29 is 4.74 Å². The van der Waals surface area contributed by atoms with Crippen LogP contribution in [0.25, 0.3) is 0 Å². The molecule has 1 aromatic heterocycles. The maximum atomic E-state index is 5.27. The normalized spacial score (nSPS) is 14.9. The Kier molecular flexibility index (Phi) is 2.36. The summed E-state index contributed by atoms with van der Waals surface area (Å²) in [7, 11) is 0. The fourth-order valence-electron chi connectivity index (χ4n) is 1.28. The molecule has 0 atom stereocenters. The van der Waals surface area contributed by atoms with Crippen LogP contribution in [0.3, 0.4) is 0 Å². The molecule has 0 aliphatic heterocycles. The first-order chi connectivity index (χ1) is 6.79. The van der Waals surface area contributed by atoms with Crippen molar-refractivity contribution in [2.45, 2.75) is 25.7 Å². The summed E-state index contributed by atoms with van der Waals surface area (Å²) in [5.41, 5.74) is 0.939. The third-order valence-corrected chi connectivity index (χ3v) is 2.09. The Bertz CT molecular complexity index is 377. The molecule has 0 saturated heterocycles. The van der Waals surface area contributed by atoms with Crippen molar-refractivity contribution in [3.05, 3.63) is 17.6 Å². The van der Waals surface area contributed by atoms with E-state index in [0.29, 0.717) is 11.8 Å². The van der Waals surface area contributed by atoms with Crippen LogP contribution in [-0.4, -0.2) is 16.6 Å². The fraction of sp³-hybridized carbons (Fsp3) is 0.455. The molecule has 14 heavy (non-hydrogen) atoms. The smallest absolute Gasteiger partial charge is 0.217 e. The Morgan fingerprint density at radius 3 is 3.00 bits per heavy atom. The van der Waals surface area contributed by atoms with Gasteiger partial charge in [0, 0.05) is 17.7 Å². The Morgan fingerprint density at radius 1 is 1.57 bits per heavy atom. The summed E-state index contributed by atoms with van der Waals surface area (Å²) in [6.45, 7) is 2.21. The number of hydrogen-bond donors (Lipinski definition) is 0. The zero-order chi connectivity index (χ0) is 9.97. The van der Waals surface area contributed by atoms with Crippen LogP contribution in [0.4, 0.5) is 0 Å². The van der Waals surface area contributed by atoms with E-state index in [1.807, 2.05) is 13.0 Å². The Hall–Kier alpha value is -1.56. The Labute approximate surface area is 83.5 Å². The standard InChI is InChI=1S/C11H12N2O/c1-3-6-14-10-7-8(2)12-11(13-10)9-4-5-9/h1,7,9H,4-6H2,2H3. The molecule has 1 saturated carbocycles. The largest absolute Gasteiger partial charge is 0.464 e. The molecule has 1 heterocycles. The average Bonchev–Trinajstić information content (AvgIpc) is 2.97. The number of terminal acetylenes is 1. The lowest BCUT2D eigenvalue weighted by molar-refractivity contribution is 0.352. The van der Waals surface area contributed by atoms with E-state index in [1.54, 1.807) is 0 Å². The molecule has 0 unspecified atom stereocenters. The number of ether oxygens (including phenoxy) is 1. The Morgan fingerprint density at radius 2 is 2.36 bits per heavy atom. The van der Waals surface area contributed by atoms with E-state index in [1.165, 1.54) is 12.8 Å². The van der Waals surface area contributed by atoms with E-state index >= 15 is 0 Å². The molecule has 2 rings (SSSR count). The summed E-state index contributed by atoms with van der Waals surface area (Å²) < 4.78 is 5.27. The first kappa shape index (κ1) is 9.01. The van der Waals surface area contributed by atoms with E-state index in [4.69, 9.17) is 11.2 Å². The lowest BCUT2D eigenvalue weighted by Crippen LogP contribution is -2.01. The SMILES string of the molecule is C#CCOc1cc(C)nc(C2CC2)n1.